The Morgan fingerprint density at radius 3 is 2.39 bits per heavy atom. The van der Waals surface area contributed by atoms with E-state index in [0.29, 0.717) is 17.4 Å². The molecule has 0 aromatic carbocycles. The van der Waals surface area contributed by atoms with E-state index in [2.05, 4.69) is 19.2 Å². The van der Waals surface area contributed by atoms with Crippen LogP contribution in [0.1, 0.15) is 58.8 Å². The van der Waals surface area contributed by atoms with Crippen molar-refractivity contribution in [2.24, 2.45) is 17.3 Å². The van der Waals surface area contributed by atoms with Gasteiger partial charge in [0.15, 0.2) is 0 Å². The highest BCUT2D eigenvalue weighted by atomic mass is 16.4. The standard InChI is InChI=1S/C15H27NO2/c1-15(2)8-7-13(9-15)16-10-11-3-5-12(6-4-11)14(17)18/h11-13,16H,3-10H2,1-2H3,(H,17,18). The summed E-state index contributed by atoms with van der Waals surface area (Å²) in [7, 11) is 0. The van der Waals surface area contributed by atoms with Crippen LogP contribution >= 0.6 is 0 Å². The van der Waals surface area contributed by atoms with Crippen LogP contribution in [-0.4, -0.2) is 23.7 Å². The first-order valence-corrected chi connectivity index (χ1v) is 7.42. The predicted molar refractivity (Wildman–Crippen MR) is 72.5 cm³/mol. The molecule has 0 spiro atoms. The summed E-state index contributed by atoms with van der Waals surface area (Å²) in [6, 6.07) is 0.692. The van der Waals surface area contributed by atoms with Gasteiger partial charge in [-0.15, -0.1) is 0 Å². The molecule has 3 nitrogen and oxygen atoms in total. The van der Waals surface area contributed by atoms with E-state index in [-0.39, 0.29) is 5.92 Å². The quantitative estimate of drug-likeness (QED) is 0.809. The number of rotatable bonds is 4. The van der Waals surface area contributed by atoms with Crippen molar-refractivity contribution in [1.82, 2.24) is 5.32 Å². The minimum atomic E-state index is -0.598. The molecular weight excluding hydrogens is 226 g/mol. The third kappa shape index (κ3) is 3.71. The third-order valence-electron chi connectivity index (χ3n) is 4.86. The van der Waals surface area contributed by atoms with E-state index in [4.69, 9.17) is 5.11 Å². The summed E-state index contributed by atoms with van der Waals surface area (Å²) < 4.78 is 0. The molecule has 1 unspecified atom stereocenters. The van der Waals surface area contributed by atoms with Crippen molar-refractivity contribution >= 4 is 5.97 Å². The fourth-order valence-corrected chi connectivity index (χ4v) is 3.56. The number of nitrogens with one attached hydrogen (secondary N) is 1. The van der Waals surface area contributed by atoms with Crippen molar-refractivity contribution in [3.63, 3.8) is 0 Å². The fourth-order valence-electron chi connectivity index (χ4n) is 3.56. The predicted octanol–water partition coefficient (Wildman–Crippen LogP) is 3.05. The Labute approximate surface area is 110 Å². The molecule has 3 heteroatoms. The largest absolute Gasteiger partial charge is 0.481 e. The number of carboxylic acids is 1. The van der Waals surface area contributed by atoms with Crippen LogP contribution in [0.25, 0.3) is 0 Å². The average Bonchev–Trinajstić information content (AvgIpc) is 2.67. The highest BCUT2D eigenvalue weighted by molar-refractivity contribution is 5.69. The first-order valence-electron chi connectivity index (χ1n) is 7.42. The number of hydrogen-bond donors (Lipinski definition) is 2. The normalized spacial score (nSPS) is 35.6. The van der Waals surface area contributed by atoms with Gasteiger partial charge in [-0.3, -0.25) is 4.79 Å². The molecular formula is C15H27NO2. The smallest absolute Gasteiger partial charge is 0.306 e. The van der Waals surface area contributed by atoms with Gasteiger partial charge >= 0.3 is 5.97 Å². The van der Waals surface area contributed by atoms with Crippen LogP contribution < -0.4 is 5.32 Å². The molecule has 0 amide bonds. The molecule has 1 atom stereocenters. The Bertz CT molecular complexity index is 293. The Morgan fingerprint density at radius 2 is 1.89 bits per heavy atom. The second kappa shape index (κ2) is 5.60. The topological polar surface area (TPSA) is 49.3 Å². The van der Waals surface area contributed by atoms with E-state index in [9.17, 15) is 4.79 Å². The summed E-state index contributed by atoms with van der Waals surface area (Å²) in [5.74, 6) is 0.0231. The zero-order valence-electron chi connectivity index (χ0n) is 11.7. The van der Waals surface area contributed by atoms with Gasteiger partial charge in [-0.25, -0.2) is 0 Å². The molecule has 0 bridgehead atoms. The van der Waals surface area contributed by atoms with E-state index < -0.39 is 5.97 Å². The summed E-state index contributed by atoms with van der Waals surface area (Å²) in [6.45, 7) is 5.80. The highest BCUT2D eigenvalue weighted by Gasteiger charge is 2.31. The van der Waals surface area contributed by atoms with Crippen LogP contribution in [0.15, 0.2) is 0 Å². The zero-order valence-corrected chi connectivity index (χ0v) is 11.7. The van der Waals surface area contributed by atoms with Crippen molar-refractivity contribution in [3.8, 4) is 0 Å². The lowest BCUT2D eigenvalue weighted by molar-refractivity contribution is -0.143. The lowest BCUT2D eigenvalue weighted by Gasteiger charge is -2.27. The van der Waals surface area contributed by atoms with Gasteiger partial charge in [-0.05, 0) is 62.8 Å². The van der Waals surface area contributed by atoms with Crippen molar-refractivity contribution in [2.45, 2.75) is 64.8 Å². The monoisotopic (exact) mass is 253 g/mol. The second-order valence-corrected chi connectivity index (χ2v) is 7.07. The first kappa shape index (κ1) is 13.9. The molecule has 18 heavy (non-hydrogen) atoms. The fraction of sp³-hybridized carbons (Fsp3) is 0.933. The zero-order chi connectivity index (χ0) is 13.2. The molecule has 0 aromatic heterocycles. The van der Waals surface area contributed by atoms with Crippen LogP contribution in [0.2, 0.25) is 0 Å². The Hall–Kier alpha value is -0.570. The molecule has 104 valence electrons. The molecule has 0 heterocycles. The van der Waals surface area contributed by atoms with Crippen molar-refractivity contribution < 1.29 is 9.90 Å². The summed E-state index contributed by atoms with van der Waals surface area (Å²) in [4.78, 5) is 10.9. The van der Waals surface area contributed by atoms with Crippen molar-refractivity contribution in [3.05, 3.63) is 0 Å². The van der Waals surface area contributed by atoms with Gasteiger partial charge in [0.25, 0.3) is 0 Å². The summed E-state index contributed by atoms with van der Waals surface area (Å²) in [5, 5.41) is 12.7. The van der Waals surface area contributed by atoms with Gasteiger partial charge in [-0.2, -0.15) is 0 Å². The minimum absolute atomic E-state index is 0.0772. The summed E-state index contributed by atoms with van der Waals surface area (Å²) in [5.41, 5.74) is 0.513. The van der Waals surface area contributed by atoms with Gasteiger partial charge < -0.3 is 10.4 Å². The Morgan fingerprint density at radius 1 is 1.22 bits per heavy atom. The lowest BCUT2D eigenvalue weighted by atomic mass is 9.82. The van der Waals surface area contributed by atoms with Gasteiger partial charge in [-0.1, -0.05) is 13.8 Å². The number of carbonyl (C=O) groups is 1. The first-order chi connectivity index (χ1) is 8.46. The van der Waals surface area contributed by atoms with Crippen LogP contribution in [0, 0.1) is 17.3 Å². The molecule has 2 aliphatic carbocycles. The molecule has 2 aliphatic rings. The maximum atomic E-state index is 10.9. The number of aliphatic carboxylic acids is 1. The summed E-state index contributed by atoms with van der Waals surface area (Å²) in [6.07, 6.45) is 7.83. The van der Waals surface area contributed by atoms with Crippen molar-refractivity contribution in [1.29, 1.82) is 0 Å². The van der Waals surface area contributed by atoms with Crippen LogP contribution in [0.3, 0.4) is 0 Å². The molecule has 0 aliphatic heterocycles. The molecule has 0 saturated heterocycles. The van der Waals surface area contributed by atoms with E-state index in [0.717, 1.165) is 32.2 Å². The van der Waals surface area contributed by atoms with E-state index in [1.54, 1.807) is 0 Å². The van der Waals surface area contributed by atoms with Crippen LogP contribution in [0.5, 0.6) is 0 Å². The minimum Gasteiger partial charge on any atom is -0.481 e. The van der Waals surface area contributed by atoms with Crippen LogP contribution in [-0.2, 0) is 4.79 Å². The third-order valence-corrected chi connectivity index (χ3v) is 4.86. The highest BCUT2D eigenvalue weighted by Crippen LogP contribution is 2.37. The lowest BCUT2D eigenvalue weighted by Crippen LogP contribution is -2.34. The van der Waals surface area contributed by atoms with Gasteiger partial charge in [0.1, 0.15) is 0 Å². The SMILES string of the molecule is CC1(C)CCC(NCC2CCC(C(=O)O)CC2)C1. The summed E-state index contributed by atoms with van der Waals surface area (Å²) >= 11 is 0. The van der Waals surface area contributed by atoms with Gasteiger partial charge in [0, 0.05) is 6.04 Å². The van der Waals surface area contributed by atoms with E-state index >= 15 is 0 Å². The molecule has 2 saturated carbocycles. The molecule has 2 N–H and O–H groups in total. The maximum absolute atomic E-state index is 10.9. The Balaban J connectivity index is 1.65. The van der Waals surface area contributed by atoms with Gasteiger partial charge in [0.05, 0.1) is 5.92 Å². The number of hydrogen-bond acceptors (Lipinski definition) is 2. The molecule has 2 rings (SSSR count). The van der Waals surface area contributed by atoms with Crippen LogP contribution in [0.4, 0.5) is 0 Å². The average molecular weight is 253 g/mol. The molecule has 0 aromatic rings. The Kier molecular flexibility index (Phi) is 4.31. The van der Waals surface area contributed by atoms with Gasteiger partial charge in [0.2, 0.25) is 0 Å². The number of carboxylic acid groups (broad SMARTS) is 1. The maximum Gasteiger partial charge on any atom is 0.306 e. The second-order valence-electron chi connectivity index (χ2n) is 7.07. The van der Waals surface area contributed by atoms with E-state index in [1.807, 2.05) is 0 Å². The molecule has 2 fully saturated rings. The van der Waals surface area contributed by atoms with E-state index in [1.165, 1.54) is 19.3 Å². The molecule has 0 radical (unpaired) electrons. The van der Waals surface area contributed by atoms with Crippen molar-refractivity contribution in [2.75, 3.05) is 6.54 Å².